The van der Waals surface area contributed by atoms with Crippen LogP contribution in [0.15, 0.2) is 28.0 Å². The smallest absolute Gasteiger partial charge is 0.254 e. The molecule has 0 atom stereocenters. The van der Waals surface area contributed by atoms with E-state index in [1.54, 1.807) is 32.2 Å². The Bertz CT molecular complexity index is 723. The summed E-state index contributed by atoms with van der Waals surface area (Å²) in [5.41, 5.74) is 1.92. The third kappa shape index (κ3) is 3.26. The van der Waals surface area contributed by atoms with Gasteiger partial charge in [0.25, 0.3) is 5.56 Å². The molecule has 0 spiro atoms. The highest BCUT2D eigenvalue weighted by Gasteiger charge is 2.03. The predicted molar refractivity (Wildman–Crippen MR) is 82.1 cm³/mol. The van der Waals surface area contributed by atoms with E-state index in [0.29, 0.717) is 27.1 Å². The number of hydrogen-bond donors (Lipinski definition) is 1. The molecule has 0 saturated carbocycles. The van der Waals surface area contributed by atoms with Crippen molar-refractivity contribution in [3.8, 4) is 0 Å². The van der Waals surface area contributed by atoms with E-state index in [4.69, 9.17) is 23.2 Å². The zero-order valence-corrected chi connectivity index (χ0v) is 12.6. The van der Waals surface area contributed by atoms with Crippen LogP contribution in [0.3, 0.4) is 0 Å². The van der Waals surface area contributed by atoms with Gasteiger partial charge in [0.05, 0.1) is 16.6 Å². The molecule has 4 nitrogen and oxygen atoms in total. The van der Waals surface area contributed by atoms with E-state index in [9.17, 15) is 4.79 Å². The van der Waals surface area contributed by atoms with Crippen LogP contribution in [0.1, 0.15) is 22.6 Å². The molecule has 0 aliphatic rings. The Labute approximate surface area is 126 Å². The molecular formula is C14H13Cl2N3O. The van der Waals surface area contributed by atoms with Gasteiger partial charge in [0.1, 0.15) is 5.82 Å². The van der Waals surface area contributed by atoms with Gasteiger partial charge in [-0.25, -0.2) is 4.98 Å². The Hall–Kier alpha value is -1.65. The largest absolute Gasteiger partial charge is 0.309 e. The zero-order valence-electron chi connectivity index (χ0n) is 11.1. The van der Waals surface area contributed by atoms with Gasteiger partial charge in [-0.15, -0.1) is 0 Å². The third-order valence-electron chi connectivity index (χ3n) is 2.90. The van der Waals surface area contributed by atoms with E-state index in [-0.39, 0.29) is 12.1 Å². The Kier molecular flexibility index (Phi) is 4.57. The van der Waals surface area contributed by atoms with Crippen LogP contribution in [0, 0.1) is 13.8 Å². The fraction of sp³-hybridized carbons (Fsp3) is 0.214. The van der Waals surface area contributed by atoms with Gasteiger partial charge < -0.3 is 4.98 Å². The molecule has 104 valence electrons. The number of aliphatic imine (C=N–C) groups is 1. The number of aryl methyl sites for hydroxylation is 1. The molecule has 0 aliphatic carbocycles. The van der Waals surface area contributed by atoms with Gasteiger partial charge in [-0.1, -0.05) is 35.3 Å². The summed E-state index contributed by atoms with van der Waals surface area (Å²) in [6.45, 7) is 3.81. The first kappa shape index (κ1) is 14.8. The van der Waals surface area contributed by atoms with Crippen molar-refractivity contribution in [2.45, 2.75) is 20.4 Å². The SMILES string of the molecule is Cc1nc(CN=Cc2cccc(Cl)c2Cl)[nH]c(=O)c1C. The second-order valence-electron chi connectivity index (χ2n) is 4.34. The van der Waals surface area contributed by atoms with Gasteiger partial charge in [-0.2, -0.15) is 0 Å². The summed E-state index contributed by atoms with van der Waals surface area (Å²) in [4.78, 5) is 22.8. The fourth-order valence-corrected chi connectivity index (χ4v) is 1.99. The highest BCUT2D eigenvalue weighted by atomic mass is 35.5. The highest BCUT2D eigenvalue weighted by Crippen LogP contribution is 2.24. The number of halogens is 2. The first-order chi connectivity index (χ1) is 9.49. The lowest BCUT2D eigenvalue weighted by atomic mass is 10.2. The van der Waals surface area contributed by atoms with Crippen molar-refractivity contribution in [3.05, 3.63) is 61.2 Å². The third-order valence-corrected chi connectivity index (χ3v) is 3.73. The Morgan fingerprint density at radius 3 is 2.80 bits per heavy atom. The molecule has 2 aromatic rings. The van der Waals surface area contributed by atoms with Gasteiger partial charge in [0.15, 0.2) is 0 Å². The molecule has 2 rings (SSSR count). The molecule has 6 heteroatoms. The van der Waals surface area contributed by atoms with Crippen LogP contribution >= 0.6 is 23.2 Å². The van der Waals surface area contributed by atoms with E-state index in [1.165, 1.54) is 0 Å². The summed E-state index contributed by atoms with van der Waals surface area (Å²) in [6.07, 6.45) is 1.61. The van der Waals surface area contributed by atoms with Gasteiger partial charge >= 0.3 is 0 Å². The summed E-state index contributed by atoms with van der Waals surface area (Å²) in [5.74, 6) is 0.521. The maximum atomic E-state index is 11.6. The van der Waals surface area contributed by atoms with Crippen LogP contribution in [-0.2, 0) is 6.54 Å². The van der Waals surface area contributed by atoms with Crippen LogP contribution in [0.2, 0.25) is 10.0 Å². The number of rotatable bonds is 3. The Morgan fingerprint density at radius 2 is 2.10 bits per heavy atom. The molecule has 0 radical (unpaired) electrons. The van der Waals surface area contributed by atoms with Crippen LogP contribution < -0.4 is 5.56 Å². The first-order valence-corrected chi connectivity index (χ1v) is 6.75. The molecule has 20 heavy (non-hydrogen) atoms. The van der Waals surface area contributed by atoms with Crippen LogP contribution in [0.25, 0.3) is 0 Å². The standard InChI is InChI=1S/C14H13Cl2N3O/c1-8-9(2)18-12(19-14(8)20)7-17-6-10-4-3-5-11(15)13(10)16/h3-6H,7H2,1-2H3,(H,18,19,20). The highest BCUT2D eigenvalue weighted by molar-refractivity contribution is 6.43. The molecular weight excluding hydrogens is 297 g/mol. The number of aromatic amines is 1. The minimum absolute atomic E-state index is 0.136. The quantitative estimate of drug-likeness (QED) is 0.884. The lowest BCUT2D eigenvalue weighted by molar-refractivity contribution is 0.865. The summed E-state index contributed by atoms with van der Waals surface area (Å²) in [5, 5.41) is 0.938. The maximum absolute atomic E-state index is 11.6. The molecule has 1 aromatic heterocycles. The van der Waals surface area contributed by atoms with Crippen LogP contribution in [-0.4, -0.2) is 16.2 Å². The van der Waals surface area contributed by atoms with Gasteiger partial charge in [0.2, 0.25) is 0 Å². The predicted octanol–water partition coefficient (Wildman–Crippen LogP) is 3.31. The van der Waals surface area contributed by atoms with Crippen molar-refractivity contribution in [2.75, 3.05) is 0 Å². The molecule has 1 aromatic carbocycles. The summed E-state index contributed by atoms with van der Waals surface area (Å²) >= 11 is 12.0. The van der Waals surface area contributed by atoms with E-state index in [1.807, 2.05) is 6.07 Å². The number of nitrogens with one attached hydrogen (secondary N) is 1. The normalized spacial score (nSPS) is 11.2. The molecule has 0 amide bonds. The summed E-state index contributed by atoms with van der Waals surface area (Å²) in [7, 11) is 0. The van der Waals surface area contributed by atoms with Crippen molar-refractivity contribution in [1.29, 1.82) is 0 Å². The van der Waals surface area contributed by atoms with E-state index in [2.05, 4.69) is 15.0 Å². The maximum Gasteiger partial charge on any atom is 0.254 e. The van der Waals surface area contributed by atoms with Crippen LogP contribution in [0.5, 0.6) is 0 Å². The van der Waals surface area contributed by atoms with Gasteiger partial charge in [-0.3, -0.25) is 9.79 Å². The molecule has 0 unspecified atom stereocenters. The zero-order chi connectivity index (χ0) is 14.7. The van der Waals surface area contributed by atoms with Crippen molar-refractivity contribution < 1.29 is 0 Å². The Balaban J connectivity index is 2.18. The first-order valence-electron chi connectivity index (χ1n) is 5.99. The number of aromatic nitrogens is 2. The topological polar surface area (TPSA) is 58.1 Å². The number of H-pyrrole nitrogens is 1. The molecule has 0 fully saturated rings. The number of hydrogen-bond acceptors (Lipinski definition) is 3. The minimum atomic E-state index is -0.136. The lowest BCUT2D eigenvalue weighted by Crippen LogP contribution is -2.16. The fourth-order valence-electron chi connectivity index (χ4n) is 1.63. The number of nitrogens with zero attached hydrogens (tertiary/aromatic N) is 2. The Morgan fingerprint density at radius 1 is 1.35 bits per heavy atom. The van der Waals surface area contributed by atoms with Crippen molar-refractivity contribution in [1.82, 2.24) is 9.97 Å². The molecule has 0 bridgehead atoms. The van der Waals surface area contributed by atoms with E-state index in [0.717, 1.165) is 5.56 Å². The van der Waals surface area contributed by atoms with Gasteiger partial charge in [-0.05, 0) is 19.9 Å². The van der Waals surface area contributed by atoms with Crippen LogP contribution in [0.4, 0.5) is 0 Å². The second-order valence-corrected chi connectivity index (χ2v) is 5.12. The van der Waals surface area contributed by atoms with E-state index < -0.39 is 0 Å². The average molecular weight is 310 g/mol. The van der Waals surface area contributed by atoms with Gasteiger partial charge in [0, 0.05) is 23.0 Å². The lowest BCUT2D eigenvalue weighted by Gasteiger charge is -2.02. The minimum Gasteiger partial charge on any atom is -0.309 e. The van der Waals surface area contributed by atoms with Crippen molar-refractivity contribution in [3.63, 3.8) is 0 Å². The van der Waals surface area contributed by atoms with E-state index >= 15 is 0 Å². The second kappa shape index (κ2) is 6.20. The molecule has 1 heterocycles. The summed E-state index contributed by atoms with van der Waals surface area (Å²) < 4.78 is 0. The van der Waals surface area contributed by atoms with Crippen molar-refractivity contribution in [2.24, 2.45) is 4.99 Å². The average Bonchev–Trinajstić information content (AvgIpc) is 2.41. The molecule has 1 N–H and O–H groups in total. The number of benzene rings is 1. The monoisotopic (exact) mass is 309 g/mol. The van der Waals surface area contributed by atoms with Crippen molar-refractivity contribution >= 4 is 29.4 Å². The molecule has 0 saturated heterocycles. The molecule has 0 aliphatic heterocycles. The summed E-state index contributed by atoms with van der Waals surface area (Å²) in [6, 6.07) is 5.32.